The van der Waals surface area contributed by atoms with Crippen molar-refractivity contribution in [3.8, 4) is 0 Å². The van der Waals surface area contributed by atoms with E-state index in [0.29, 0.717) is 25.7 Å². The highest BCUT2D eigenvalue weighted by Crippen LogP contribution is 2.45. The molecule has 0 bridgehead atoms. The fraction of sp³-hybridized carbons (Fsp3) is 0.955. The van der Waals surface area contributed by atoms with Crippen LogP contribution in [0.1, 0.15) is 490 Å². The van der Waals surface area contributed by atoms with Crippen molar-refractivity contribution >= 4 is 39.5 Å². The van der Waals surface area contributed by atoms with Gasteiger partial charge in [-0.25, -0.2) is 9.13 Å². The lowest BCUT2D eigenvalue weighted by Crippen LogP contribution is -2.30. The van der Waals surface area contributed by atoms with Gasteiger partial charge in [0.05, 0.1) is 26.4 Å². The lowest BCUT2D eigenvalue weighted by Gasteiger charge is -2.21. The number of carbonyl (C=O) groups excluding carboxylic acids is 4. The Bertz CT molecular complexity index is 2030. The van der Waals surface area contributed by atoms with Crippen molar-refractivity contribution in [3.05, 3.63) is 0 Å². The van der Waals surface area contributed by atoms with E-state index in [0.717, 1.165) is 103 Å². The average molecular weight is 1580 g/mol. The average Bonchev–Trinajstić information content (AvgIpc) is 0.900. The lowest BCUT2D eigenvalue weighted by atomic mass is 10.0. The van der Waals surface area contributed by atoms with E-state index in [4.69, 9.17) is 37.0 Å². The number of unbranched alkanes of at least 4 members (excludes halogenated alkanes) is 64. The Morgan fingerprint density at radius 3 is 0.546 bits per heavy atom. The number of rotatable bonds is 90. The standard InChI is InChI=1S/C89H174O17P2/c1-5-9-13-17-21-24-27-30-33-36-39-41-44-46-49-52-55-58-62-66-70-74-87(92)100-80-85(106-89(94)76-72-68-64-60-57-54-51-48-45-42-40-37-34-31-28-25-22-18-14-10-6-2)82-104-108(97,98)102-78-83(90)77-101-107(95,96)103-81-84(79-99-86(91)73-69-65-61-20-16-12-8-4)105-88(93)75-71-67-63-59-56-53-50-47-43-38-35-32-29-26-23-19-15-11-7-3/h83-85,90H,5-82H2,1-4H3,(H,95,96)(H,97,98)/t83-,84+,85+/m0/s1. The maximum atomic E-state index is 13.2. The molecule has 0 aliphatic heterocycles. The summed E-state index contributed by atoms with van der Waals surface area (Å²) < 4.78 is 68.9. The SMILES string of the molecule is CCCCCCCCCCCCCCCCCCCCCCCC(=O)OC[C@H](COP(=O)(O)OC[C@@H](O)COP(=O)(O)OC[C@@H](COC(=O)CCCCCCCCC)OC(=O)CCCCCCCCCCCCCCCCCCCCC)OC(=O)CCCCCCCCCCCCCCCCCCCCCCC. The molecular formula is C89H174O17P2. The normalized spacial score (nSPS) is 13.7. The van der Waals surface area contributed by atoms with Crippen LogP contribution in [0.15, 0.2) is 0 Å². The van der Waals surface area contributed by atoms with Crippen LogP contribution >= 0.6 is 15.6 Å². The number of hydrogen-bond donors (Lipinski definition) is 3. The first kappa shape index (κ1) is 106. The first-order chi connectivity index (χ1) is 52.7. The van der Waals surface area contributed by atoms with Crippen molar-refractivity contribution in [1.29, 1.82) is 0 Å². The molecule has 17 nitrogen and oxygen atoms in total. The van der Waals surface area contributed by atoms with E-state index < -0.39 is 97.5 Å². The quantitative estimate of drug-likeness (QED) is 0.0222. The molecule has 0 aliphatic rings. The lowest BCUT2D eigenvalue weighted by molar-refractivity contribution is -0.161. The number of phosphoric ester groups is 2. The van der Waals surface area contributed by atoms with Gasteiger partial charge >= 0.3 is 39.5 Å². The molecule has 0 heterocycles. The van der Waals surface area contributed by atoms with Crippen LogP contribution in [0, 0.1) is 0 Å². The van der Waals surface area contributed by atoms with Gasteiger partial charge in [0.15, 0.2) is 12.2 Å². The Morgan fingerprint density at radius 2 is 0.370 bits per heavy atom. The first-order valence-corrected chi connectivity index (χ1v) is 49.3. The molecule has 2 unspecified atom stereocenters. The highest BCUT2D eigenvalue weighted by atomic mass is 31.2. The van der Waals surface area contributed by atoms with Gasteiger partial charge in [0.2, 0.25) is 0 Å². The number of hydrogen-bond acceptors (Lipinski definition) is 15. The van der Waals surface area contributed by atoms with E-state index in [2.05, 4.69) is 27.7 Å². The second kappa shape index (κ2) is 83.0. The molecule has 0 aromatic heterocycles. The van der Waals surface area contributed by atoms with Gasteiger partial charge in [-0.15, -0.1) is 0 Å². The van der Waals surface area contributed by atoms with Crippen molar-refractivity contribution in [3.63, 3.8) is 0 Å². The van der Waals surface area contributed by atoms with E-state index in [-0.39, 0.29) is 25.7 Å². The van der Waals surface area contributed by atoms with Crippen molar-refractivity contribution in [2.24, 2.45) is 0 Å². The third-order valence-electron chi connectivity index (χ3n) is 21.1. The molecule has 19 heteroatoms. The van der Waals surface area contributed by atoms with Crippen molar-refractivity contribution in [1.82, 2.24) is 0 Å². The summed E-state index contributed by atoms with van der Waals surface area (Å²) in [4.78, 5) is 73.2. The molecule has 0 saturated heterocycles. The molecule has 0 aromatic rings. The highest BCUT2D eigenvalue weighted by Gasteiger charge is 2.30. The molecular weight excluding hydrogens is 1400 g/mol. The first-order valence-electron chi connectivity index (χ1n) is 46.3. The minimum atomic E-state index is -4.97. The van der Waals surface area contributed by atoms with Crippen LogP contribution in [0.4, 0.5) is 0 Å². The van der Waals surface area contributed by atoms with Gasteiger partial charge in [-0.05, 0) is 25.7 Å². The van der Waals surface area contributed by atoms with Crippen molar-refractivity contribution in [2.45, 2.75) is 508 Å². The molecule has 5 atom stereocenters. The summed E-state index contributed by atoms with van der Waals surface area (Å²) in [5, 5.41) is 10.7. The monoisotopic (exact) mass is 1580 g/mol. The summed E-state index contributed by atoms with van der Waals surface area (Å²) >= 11 is 0. The summed E-state index contributed by atoms with van der Waals surface area (Å²) in [5.74, 6) is -2.10. The number of aliphatic hydroxyl groups is 1. The van der Waals surface area contributed by atoms with Gasteiger partial charge in [0.1, 0.15) is 19.3 Å². The van der Waals surface area contributed by atoms with Crippen LogP contribution in [0.2, 0.25) is 0 Å². The molecule has 0 amide bonds. The van der Waals surface area contributed by atoms with Crippen molar-refractivity contribution in [2.75, 3.05) is 39.6 Å². The van der Waals surface area contributed by atoms with Gasteiger partial charge in [-0.2, -0.15) is 0 Å². The minimum absolute atomic E-state index is 0.109. The summed E-state index contributed by atoms with van der Waals surface area (Å²) in [6.45, 7) is 5.03. The van der Waals surface area contributed by atoms with Gasteiger partial charge in [-0.1, -0.05) is 439 Å². The van der Waals surface area contributed by atoms with E-state index in [1.54, 1.807) is 0 Å². The number of aliphatic hydroxyl groups excluding tert-OH is 1. The molecule has 0 rings (SSSR count). The summed E-state index contributed by atoms with van der Waals surface area (Å²) in [5.41, 5.74) is 0. The number of esters is 4. The maximum Gasteiger partial charge on any atom is 0.472 e. The van der Waals surface area contributed by atoms with Crippen molar-refractivity contribution < 1.29 is 80.2 Å². The molecule has 0 saturated carbocycles. The van der Waals surface area contributed by atoms with E-state index in [9.17, 15) is 43.2 Å². The predicted molar refractivity (Wildman–Crippen MR) is 446 cm³/mol. The van der Waals surface area contributed by atoms with Gasteiger partial charge in [0, 0.05) is 25.7 Å². The minimum Gasteiger partial charge on any atom is -0.462 e. The van der Waals surface area contributed by atoms with E-state index >= 15 is 0 Å². The predicted octanol–water partition coefficient (Wildman–Crippen LogP) is 27.7. The molecule has 642 valence electrons. The molecule has 0 aromatic carbocycles. The largest absolute Gasteiger partial charge is 0.472 e. The van der Waals surface area contributed by atoms with Crippen LogP contribution < -0.4 is 0 Å². The molecule has 3 N–H and O–H groups in total. The van der Waals surface area contributed by atoms with E-state index in [1.165, 1.54) is 308 Å². The van der Waals surface area contributed by atoms with Crippen LogP contribution in [-0.2, 0) is 65.4 Å². The smallest absolute Gasteiger partial charge is 0.462 e. The third-order valence-corrected chi connectivity index (χ3v) is 23.0. The molecule has 0 radical (unpaired) electrons. The molecule has 0 fully saturated rings. The Kier molecular flexibility index (Phi) is 81.5. The Hall–Kier alpha value is -1.94. The third kappa shape index (κ3) is 82.1. The Morgan fingerprint density at radius 1 is 0.222 bits per heavy atom. The zero-order valence-corrected chi connectivity index (χ0v) is 72.6. The van der Waals surface area contributed by atoms with Gasteiger partial charge in [-0.3, -0.25) is 37.3 Å². The fourth-order valence-electron chi connectivity index (χ4n) is 14.1. The highest BCUT2D eigenvalue weighted by molar-refractivity contribution is 7.47. The summed E-state index contributed by atoms with van der Waals surface area (Å²) in [6.07, 6.45) is 79.6. The molecule has 108 heavy (non-hydrogen) atoms. The molecule has 0 spiro atoms. The maximum absolute atomic E-state index is 13.2. The number of carbonyl (C=O) groups is 4. The number of ether oxygens (including phenoxy) is 4. The number of phosphoric acid groups is 2. The van der Waals surface area contributed by atoms with Crippen LogP contribution in [0.3, 0.4) is 0 Å². The topological polar surface area (TPSA) is 237 Å². The summed E-state index contributed by atoms with van der Waals surface area (Å²) in [7, 11) is -9.92. The zero-order valence-electron chi connectivity index (χ0n) is 70.8. The fourth-order valence-corrected chi connectivity index (χ4v) is 15.6. The Labute approximate surface area is 664 Å². The van der Waals surface area contributed by atoms with E-state index in [1.807, 2.05) is 0 Å². The molecule has 0 aliphatic carbocycles. The second-order valence-corrected chi connectivity index (χ2v) is 34.9. The summed E-state index contributed by atoms with van der Waals surface area (Å²) in [6, 6.07) is 0. The second-order valence-electron chi connectivity index (χ2n) is 32.0. The Balaban J connectivity index is 5.14. The van der Waals surface area contributed by atoms with Crippen LogP contribution in [0.25, 0.3) is 0 Å². The van der Waals surface area contributed by atoms with Gasteiger partial charge < -0.3 is 33.8 Å². The zero-order chi connectivity index (χ0) is 78.9. The van der Waals surface area contributed by atoms with Gasteiger partial charge in [0.25, 0.3) is 0 Å². The van der Waals surface area contributed by atoms with Crippen LogP contribution in [-0.4, -0.2) is 96.7 Å². The van der Waals surface area contributed by atoms with Crippen LogP contribution in [0.5, 0.6) is 0 Å².